The van der Waals surface area contributed by atoms with Crippen molar-refractivity contribution in [1.29, 1.82) is 0 Å². The number of hydrogen-bond acceptors (Lipinski definition) is 4. The van der Waals surface area contributed by atoms with Crippen LogP contribution in [-0.4, -0.2) is 19.9 Å². The Balaban J connectivity index is 1.81. The third-order valence-corrected chi connectivity index (χ3v) is 4.81. The molecule has 0 aromatic heterocycles. The molecular formula is C24H31F3N2O2. The molecule has 4 nitrogen and oxygen atoms in total. The zero-order valence-electron chi connectivity index (χ0n) is 18.2. The SMILES string of the molecule is CCCCCCCCCOc1ccc(C=NNc2ccc(C(F)(F)F)cc2)cc1OC. The van der Waals surface area contributed by atoms with Crippen LogP contribution < -0.4 is 14.9 Å². The maximum atomic E-state index is 12.6. The Hall–Kier alpha value is -2.70. The van der Waals surface area contributed by atoms with Gasteiger partial charge in [0.25, 0.3) is 0 Å². The Morgan fingerprint density at radius 1 is 0.903 bits per heavy atom. The molecule has 2 aromatic rings. The molecule has 170 valence electrons. The van der Waals surface area contributed by atoms with Crippen LogP contribution in [0.1, 0.15) is 63.0 Å². The number of hydrazone groups is 1. The molecule has 0 saturated carbocycles. The van der Waals surface area contributed by atoms with Crippen molar-refractivity contribution in [2.24, 2.45) is 5.10 Å². The number of unbranched alkanes of at least 4 members (excludes halogenated alkanes) is 6. The number of rotatable bonds is 13. The van der Waals surface area contributed by atoms with Gasteiger partial charge in [-0.1, -0.05) is 45.4 Å². The zero-order valence-corrected chi connectivity index (χ0v) is 18.2. The molecule has 2 aromatic carbocycles. The second-order valence-corrected chi connectivity index (χ2v) is 7.33. The molecule has 2 rings (SSSR count). The Morgan fingerprint density at radius 3 is 2.23 bits per heavy atom. The summed E-state index contributed by atoms with van der Waals surface area (Å²) in [6.45, 7) is 2.86. The first-order chi connectivity index (χ1) is 14.9. The number of alkyl halides is 3. The number of halogens is 3. The maximum Gasteiger partial charge on any atom is 0.416 e. The summed E-state index contributed by atoms with van der Waals surface area (Å²) >= 11 is 0. The summed E-state index contributed by atoms with van der Waals surface area (Å²) in [5.41, 5.74) is 3.27. The van der Waals surface area contributed by atoms with Crippen LogP contribution in [0.5, 0.6) is 11.5 Å². The highest BCUT2D eigenvalue weighted by atomic mass is 19.4. The number of benzene rings is 2. The largest absolute Gasteiger partial charge is 0.493 e. The van der Waals surface area contributed by atoms with Gasteiger partial charge in [-0.05, 0) is 54.4 Å². The molecule has 7 heteroatoms. The summed E-state index contributed by atoms with van der Waals surface area (Å²) in [4.78, 5) is 0. The first kappa shape index (κ1) is 24.6. The molecule has 0 heterocycles. The van der Waals surface area contributed by atoms with E-state index in [0.29, 0.717) is 23.8 Å². The van der Waals surface area contributed by atoms with Crippen molar-refractivity contribution in [3.8, 4) is 11.5 Å². The Kier molecular flexibility index (Phi) is 10.2. The minimum absolute atomic E-state index is 0.464. The molecule has 0 unspecified atom stereocenters. The van der Waals surface area contributed by atoms with E-state index in [-0.39, 0.29) is 0 Å². The van der Waals surface area contributed by atoms with Crippen LogP contribution in [0.3, 0.4) is 0 Å². The van der Waals surface area contributed by atoms with Gasteiger partial charge in [-0.25, -0.2) is 0 Å². The van der Waals surface area contributed by atoms with Gasteiger partial charge in [-0.3, -0.25) is 5.43 Å². The molecule has 0 saturated heterocycles. The molecule has 0 radical (unpaired) electrons. The molecule has 0 aliphatic rings. The summed E-state index contributed by atoms with van der Waals surface area (Å²) in [7, 11) is 1.58. The monoisotopic (exact) mass is 436 g/mol. The van der Waals surface area contributed by atoms with Gasteiger partial charge in [-0.15, -0.1) is 0 Å². The summed E-state index contributed by atoms with van der Waals surface area (Å²) in [5.74, 6) is 1.29. The molecule has 0 spiro atoms. The fourth-order valence-electron chi connectivity index (χ4n) is 3.04. The van der Waals surface area contributed by atoms with Gasteiger partial charge in [0.1, 0.15) is 0 Å². The van der Waals surface area contributed by atoms with Gasteiger partial charge >= 0.3 is 6.18 Å². The predicted molar refractivity (Wildman–Crippen MR) is 119 cm³/mol. The number of nitrogens with zero attached hydrogens (tertiary/aromatic N) is 1. The van der Waals surface area contributed by atoms with Crippen molar-refractivity contribution in [2.45, 2.75) is 58.0 Å². The summed E-state index contributed by atoms with van der Waals surface area (Å²) < 4.78 is 49.0. The van der Waals surface area contributed by atoms with E-state index in [1.54, 1.807) is 19.4 Å². The minimum Gasteiger partial charge on any atom is -0.493 e. The Labute approximate surface area is 182 Å². The third kappa shape index (κ3) is 8.90. The minimum atomic E-state index is -4.35. The number of methoxy groups -OCH3 is 1. The van der Waals surface area contributed by atoms with Crippen molar-refractivity contribution in [3.63, 3.8) is 0 Å². The Morgan fingerprint density at radius 2 is 1.58 bits per heavy atom. The van der Waals surface area contributed by atoms with Crippen LogP contribution in [0.15, 0.2) is 47.6 Å². The van der Waals surface area contributed by atoms with Crippen molar-refractivity contribution < 1.29 is 22.6 Å². The lowest BCUT2D eigenvalue weighted by molar-refractivity contribution is -0.137. The normalized spacial score (nSPS) is 11.6. The fraction of sp³-hybridized carbons (Fsp3) is 0.458. The zero-order chi connectivity index (χ0) is 22.5. The molecule has 0 bridgehead atoms. The molecular weight excluding hydrogens is 405 g/mol. The highest BCUT2D eigenvalue weighted by molar-refractivity contribution is 5.81. The van der Waals surface area contributed by atoms with Crippen molar-refractivity contribution >= 4 is 11.9 Å². The topological polar surface area (TPSA) is 42.8 Å². The van der Waals surface area contributed by atoms with Gasteiger partial charge in [0, 0.05) is 0 Å². The first-order valence-electron chi connectivity index (χ1n) is 10.7. The van der Waals surface area contributed by atoms with Crippen LogP contribution in [0, 0.1) is 0 Å². The molecule has 0 atom stereocenters. The highest BCUT2D eigenvalue weighted by Crippen LogP contribution is 2.30. The first-order valence-corrected chi connectivity index (χ1v) is 10.7. The lowest BCUT2D eigenvalue weighted by Crippen LogP contribution is -2.04. The van der Waals surface area contributed by atoms with Crippen molar-refractivity contribution in [1.82, 2.24) is 0 Å². The number of hydrogen-bond donors (Lipinski definition) is 1. The number of anilines is 1. The van der Waals surface area contributed by atoms with E-state index >= 15 is 0 Å². The van der Waals surface area contributed by atoms with Gasteiger partial charge in [-0.2, -0.15) is 18.3 Å². The maximum absolute atomic E-state index is 12.6. The highest BCUT2D eigenvalue weighted by Gasteiger charge is 2.29. The lowest BCUT2D eigenvalue weighted by Gasteiger charge is -2.11. The van der Waals surface area contributed by atoms with Crippen LogP contribution in [0.4, 0.5) is 18.9 Å². The second-order valence-electron chi connectivity index (χ2n) is 7.33. The number of ether oxygens (including phenoxy) is 2. The molecule has 0 aliphatic carbocycles. The average molecular weight is 437 g/mol. The van der Waals surface area contributed by atoms with Gasteiger partial charge < -0.3 is 9.47 Å². The fourth-order valence-corrected chi connectivity index (χ4v) is 3.04. The van der Waals surface area contributed by atoms with Gasteiger partial charge in [0.05, 0.1) is 31.2 Å². The van der Waals surface area contributed by atoms with E-state index in [4.69, 9.17) is 9.47 Å². The molecule has 31 heavy (non-hydrogen) atoms. The van der Waals surface area contributed by atoms with Gasteiger partial charge in [0.15, 0.2) is 11.5 Å². The third-order valence-electron chi connectivity index (χ3n) is 4.81. The number of nitrogens with one attached hydrogen (secondary N) is 1. The summed E-state index contributed by atoms with van der Waals surface area (Å²) in [6.07, 6.45) is 5.78. The molecule has 0 amide bonds. The van der Waals surface area contributed by atoms with Gasteiger partial charge in [0.2, 0.25) is 0 Å². The van der Waals surface area contributed by atoms with E-state index in [9.17, 15) is 13.2 Å². The molecule has 0 aliphatic heterocycles. The summed E-state index contributed by atoms with van der Waals surface area (Å²) in [6, 6.07) is 10.2. The smallest absolute Gasteiger partial charge is 0.416 e. The Bertz CT molecular complexity index is 805. The summed E-state index contributed by atoms with van der Waals surface area (Å²) in [5, 5.41) is 4.07. The lowest BCUT2D eigenvalue weighted by atomic mass is 10.1. The van der Waals surface area contributed by atoms with Crippen LogP contribution in [-0.2, 0) is 6.18 Å². The van der Waals surface area contributed by atoms with Crippen molar-refractivity contribution in [3.05, 3.63) is 53.6 Å². The van der Waals surface area contributed by atoms with E-state index in [0.717, 1.165) is 30.5 Å². The quantitative estimate of drug-likeness (QED) is 0.204. The van der Waals surface area contributed by atoms with Crippen molar-refractivity contribution in [2.75, 3.05) is 19.1 Å². The predicted octanol–water partition coefficient (Wildman–Crippen LogP) is 7.29. The van der Waals surface area contributed by atoms with E-state index in [2.05, 4.69) is 17.5 Å². The van der Waals surface area contributed by atoms with E-state index in [1.807, 2.05) is 12.1 Å². The van der Waals surface area contributed by atoms with Crippen LogP contribution >= 0.6 is 0 Å². The van der Waals surface area contributed by atoms with E-state index < -0.39 is 11.7 Å². The molecule has 1 N–H and O–H groups in total. The van der Waals surface area contributed by atoms with E-state index in [1.165, 1.54) is 44.2 Å². The van der Waals surface area contributed by atoms with Crippen LogP contribution in [0.25, 0.3) is 0 Å². The average Bonchev–Trinajstić information content (AvgIpc) is 2.76. The molecule has 0 fully saturated rings. The second kappa shape index (κ2) is 12.9. The standard InChI is InChI=1S/C24H31F3N2O2/c1-3-4-5-6-7-8-9-16-31-22-15-10-19(17-23(22)30-2)18-28-29-21-13-11-20(12-14-21)24(25,26)27/h10-15,17-18,29H,3-9,16H2,1-2H3. The van der Waals surface area contributed by atoms with Crippen LogP contribution in [0.2, 0.25) is 0 Å².